The van der Waals surface area contributed by atoms with Crippen molar-refractivity contribution in [1.29, 1.82) is 0 Å². The van der Waals surface area contributed by atoms with Crippen LogP contribution in [0.25, 0.3) is 0 Å². The first-order valence-corrected chi connectivity index (χ1v) is 17.2. The standard InChI is InChI=1S/C35H36ClN5O4S/c36-29-11-6-10-27(22-29)24-38-41-31-23-28(14-15-33(31)46(44,45)32-13-5-4-12-30(32)35(41)43)34(42)37-16-7-17-39-18-20-40(21-19-39)25-26-8-2-1-3-9-26/h1-6,8-15,22-23,38H,7,16-21,24-25H2,(H,37,42). The molecule has 46 heavy (non-hydrogen) atoms. The molecule has 0 bridgehead atoms. The van der Waals surface area contributed by atoms with Gasteiger partial charge in [-0.25, -0.2) is 18.9 Å². The van der Waals surface area contributed by atoms with E-state index in [0.717, 1.165) is 51.3 Å². The summed E-state index contributed by atoms with van der Waals surface area (Å²) in [5, 5.41) is 4.72. The van der Waals surface area contributed by atoms with Crippen LogP contribution < -0.4 is 15.8 Å². The van der Waals surface area contributed by atoms with Crippen LogP contribution in [0.15, 0.2) is 107 Å². The summed E-state index contributed by atoms with van der Waals surface area (Å²) in [6.07, 6.45) is 0.783. The van der Waals surface area contributed by atoms with Crippen LogP contribution in [0.2, 0.25) is 5.02 Å². The third-order valence-electron chi connectivity index (χ3n) is 8.34. The second-order valence-corrected chi connectivity index (χ2v) is 13.8. The normalized spacial score (nSPS) is 16.4. The van der Waals surface area contributed by atoms with E-state index in [1.807, 2.05) is 12.1 Å². The maximum absolute atomic E-state index is 13.8. The van der Waals surface area contributed by atoms with E-state index in [2.05, 4.69) is 44.8 Å². The van der Waals surface area contributed by atoms with Gasteiger partial charge in [0.05, 0.1) is 21.0 Å². The lowest BCUT2D eigenvalue weighted by atomic mass is 10.1. The number of fused-ring (bicyclic) bond motifs is 2. The number of hydrazine groups is 1. The topological polar surface area (TPSA) is 102 Å². The molecule has 0 radical (unpaired) electrons. The molecule has 2 N–H and O–H groups in total. The van der Waals surface area contributed by atoms with Crippen molar-refractivity contribution < 1.29 is 18.0 Å². The summed E-state index contributed by atoms with van der Waals surface area (Å²) in [6, 6.07) is 28.1. The smallest absolute Gasteiger partial charge is 0.274 e. The molecule has 4 aromatic carbocycles. The average Bonchev–Trinajstić information content (AvgIpc) is 3.14. The van der Waals surface area contributed by atoms with E-state index >= 15 is 0 Å². The minimum atomic E-state index is -4.06. The fraction of sp³-hybridized carbons (Fsp3) is 0.257. The maximum Gasteiger partial charge on any atom is 0.274 e. The SMILES string of the molecule is O=C(NCCCN1CCN(Cc2ccccc2)CC1)c1ccc2c(c1)N(NCc1cccc(Cl)c1)C(=O)c1ccccc1S2(=O)=O. The van der Waals surface area contributed by atoms with Gasteiger partial charge in [-0.15, -0.1) is 0 Å². The molecule has 6 rings (SSSR count). The van der Waals surface area contributed by atoms with Crippen molar-refractivity contribution >= 4 is 38.9 Å². The van der Waals surface area contributed by atoms with Crippen molar-refractivity contribution in [3.63, 3.8) is 0 Å². The molecule has 2 amide bonds. The van der Waals surface area contributed by atoms with Crippen LogP contribution in [0.3, 0.4) is 0 Å². The van der Waals surface area contributed by atoms with Gasteiger partial charge in [-0.3, -0.25) is 14.5 Å². The number of carbonyl (C=O) groups excluding carboxylic acids is 2. The van der Waals surface area contributed by atoms with Crippen molar-refractivity contribution in [3.05, 3.63) is 124 Å². The third-order valence-corrected chi connectivity index (χ3v) is 10.4. The largest absolute Gasteiger partial charge is 0.352 e. The highest BCUT2D eigenvalue weighted by molar-refractivity contribution is 7.91. The molecule has 2 aliphatic heterocycles. The zero-order valence-corrected chi connectivity index (χ0v) is 26.9. The molecular formula is C35H36ClN5O4S. The Bertz CT molecular complexity index is 1830. The Morgan fingerprint density at radius 3 is 2.28 bits per heavy atom. The van der Waals surface area contributed by atoms with Crippen molar-refractivity contribution in [3.8, 4) is 0 Å². The Morgan fingerprint density at radius 2 is 1.50 bits per heavy atom. The molecule has 9 nitrogen and oxygen atoms in total. The van der Waals surface area contributed by atoms with Gasteiger partial charge in [0.25, 0.3) is 11.8 Å². The number of nitrogens with zero attached hydrogens (tertiary/aromatic N) is 3. The molecule has 11 heteroatoms. The predicted molar refractivity (Wildman–Crippen MR) is 179 cm³/mol. The minimum Gasteiger partial charge on any atom is -0.352 e. The fourth-order valence-electron chi connectivity index (χ4n) is 5.88. The first-order valence-electron chi connectivity index (χ1n) is 15.4. The lowest BCUT2D eigenvalue weighted by Gasteiger charge is -2.34. The average molecular weight is 658 g/mol. The number of halogens is 1. The fourth-order valence-corrected chi connectivity index (χ4v) is 7.71. The van der Waals surface area contributed by atoms with Gasteiger partial charge in [0.2, 0.25) is 9.84 Å². The highest BCUT2D eigenvalue weighted by atomic mass is 35.5. The summed E-state index contributed by atoms with van der Waals surface area (Å²) in [4.78, 5) is 31.8. The Labute approximate surface area is 274 Å². The summed E-state index contributed by atoms with van der Waals surface area (Å²) < 4.78 is 27.5. The van der Waals surface area contributed by atoms with Crippen LogP contribution in [-0.2, 0) is 22.9 Å². The number of amides is 2. The molecule has 1 saturated heterocycles. The van der Waals surface area contributed by atoms with E-state index in [0.29, 0.717) is 11.6 Å². The second kappa shape index (κ2) is 14.1. The summed E-state index contributed by atoms with van der Waals surface area (Å²) in [6.45, 7) is 6.47. The first kappa shape index (κ1) is 31.9. The second-order valence-electron chi connectivity index (χ2n) is 11.5. The summed E-state index contributed by atoms with van der Waals surface area (Å²) in [5.74, 6) is -0.877. The summed E-state index contributed by atoms with van der Waals surface area (Å²) in [5.41, 5.74) is 5.60. The Balaban J connectivity index is 1.12. The minimum absolute atomic E-state index is 0.0456. The molecule has 0 spiro atoms. The predicted octanol–water partition coefficient (Wildman–Crippen LogP) is 4.78. The summed E-state index contributed by atoms with van der Waals surface area (Å²) >= 11 is 6.15. The van der Waals surface area contributed by atoms with Crippen molar-refractivity contribution in [2.45, 2.75) is 29.3 Å². The van der Waals surface area contributed by atoms with Crippen LogP contribution in [0.5, 0.6) is 0 Å². The molecule has 2 heterocycles. The Morgan fingerprint density at radius 1 is 0.783 bits per heavy atom. The molecule has 0 unspecified atom stereocenters. The van der Waals surface area contributed by atoms with Gasteiger partial charge in [-0.2, -0.15) is 0 Å². The number of sulfone groups is 1. The van der Waals surface area contributed by atoms with Gasteiger partial charge in [-0.05, 0) is 66.6 Å². The lowest BCUT2D eigenvalue weighted by molar-refractivity contribution is 0.0942. The third kappa shape index (κ3) is 7.16. The van der Waals surface area contributed by atoms with E-state index in [9.17, 15) is 18.0 Å². The van der Waals surface area contributed by atoms with E-state index < -0.39 is 15.7 Å². The number of nitrogens with one attached hydrogen (secondary N) is 2. The zero-order chi connectivity index (χ0) is 32.1. The molecular weight excluding hydrogens is 622 g/mol. The van der Waals surface area contributed by atoms with Crippen LogP contribution in [0.4, 0.5) is 5.69 Å². The van der Waals surface area contributed by atoms with Crippen LogP contribution in [0.1, 0.15) is 38.3 Å². The molecule has 0 aliphatic carbocycles. The number of hydrogen-bond donors (Lipinski definition) is 2. The molecule has 4 aromatic rings. The maximum atomic E-state index is 13.8. The van der Waals surface area contributed by atoms with Gasteiger partial charge in [-0.1, -0.05) is 66.2 Å². The lowest BCUT2D eigenvalue weighted by Crippen LogP contribution is -2.46. The highest BCUT2D eigenvalue weighted by Crippen LogP contribution is 2.36. The van der Waals surface area contributed by atoms with Crippen LogP contribution in [0, 0.1) is 0 Å². The van der Waals surface area contributed by atoms with Crippen LogP contribution >= 0.6 is 11.6 Å². The number of rotatable bonds is 10. The molecule has 238 valence electrons. The molecule has 0 aromatic heterocycles. The van der Waals surface area contributed by atoms with Gasteiger partial charge in [0.1, 0.15) is 0 Å². The number of benzene rings is 4. The Hall–Kier alpha value is -4.06. The van der Waals surface area contributed by atoms with E-state index in [1.54, 1.807) is 30.3 Å². The van der Waals surface area contributed by atoms with Crippen molar-refractivity contribution in [1.82, 2.24) is 20.5 Å². The number of anilines is 1. The number of hydrogen-bond acceptors (Lipinski definition) is 7. The van der Waals surface area contributed by atoms with E-state index in [4.69, 9.17) is 11.6 Å². The van der Waals surface area contributed by atoms with Crippen molar-refractivity contribution in [2.75, 3.05) is 44.3 Å². The van der Waals surface area contributed by atoms with E-state index in [1.165, 1.54) is 40.9 Å². The van der Waals surface area contributed by atoms with Crippen molar-refractivity contribution in [2.24, 2.45) is 0 Å². The monoisotopic (exact) mass is 657 g/mol. The first-order chi connectivity index (χ1) is 22.3. The summed E-state index contributed by atoms with van der Waals surface area (Å²) in [7, 11) is -4.06. The Kier molecular flexibility index (Phi) is 9.81. The molecule has 0 atom stereocenters. The highest BCUT2D eigenvalue weighted by Gasteiger charge is 2.36. The van der Waals surface area contributed by atoms with Gasteiger partial charge >= 0.3 is 0 Å². The molecule has 1 fully saturated rings. The van der Waals surface area contributed by atoms with Gasteiger partial charge in [0, 0.05) is 56.4 Å². The number of carbonyl (C=O) groups is 2. The quantitative estimate of drug-likeness (QED) is 0.237. The number of piperazine rings is 1. The van der Waals surface area contributed by atoms with Crippen LogP contribution in [-0.4, -0.2) is 69.3 Å². The van der Waals surface area contributed by atoms with Gasteiger partial charge in [0.15, 0.2) is 0 Å². The zero-order valence-electron chi connectivity index (χ0n) is 25.4. The molecule has 0 saturated carbocycles. The van der Waals surface area contributed by atoms with E-state index in [-0.39, 0.29) is 39.1 Å². The van der Waals surface area contributed by atoms with Gasteiger partial charge < -0.3 is 10.2 Å². The molecule has 2 aliphatic rings.